The topological polar surface area (TPSA) is 87.1 Å². The summed E-state index contributed by atoms with van der Waals surface area (Å²) in [4.78, 5) is 35.3. The Morgan fingerprint density at radius 1 is 1.14 bits per heavy atom. The zero-order valence-corrected chi connectivity index (χ0v) is 16.2. The summed E-state index contributed by atoms with van der Waals surface area (Å²) in [5, 5.41) is 4.22. The largest absolute Gasteiger partial charge is 0.339 e. The summed E-state index contributed by atoms with van der Waals surface area (Å²) in [6.45, 7) is 3.72. The second-order valence-electron chi connectivity index (χ2n) is 6.99. The van der Waals surface area contributed by atoms with Gasteiger partial charge in [0.25, 0.3) is 11.5 Å². The second-order valence-corrected chi connectivity index (χ2v) is 6.99. The maximum atomic E-state index is 14.3. The quantitative estimate of drug-likeness (QED) is 0.726. The van der Waals surface area contributed by atoms with Crippen molar-refractivity contribution in [2.24, 2.45) is 7.05 Å². The molecule has 1 aliphatic heterocycles. The highest BCUT2D eigenvalue weighted by molar-refractivity contribution is 5.92. The summed E-state index contributed by atoms with van der Waals surface area (Å²) < 4.78 is 15.9. The van der Waals surface area contributed by atoms with Crippen LogP contribution < -0.4 is 10.5 Å². The van der Waals surface area contributed by atoms with Crippen molar-refractivity contribution in [3.63, 3.8) is 0 Å². The van der Waals surface area contributed by atoms with Gasteiger partial charge in [-0.15, -0.1) is 0 Å². The number of carbonyl (C=O) groups is 1. The Hall–Kier alpha value is -3.49. The summed E-state index contributed by atoms with van der Waals surface area (Å²) in [7, 11) is 1.74. The lowest BCUT2D eigenvalue weighted by atomic mass is 10.1. The van der Waals surface area contributed by atoms with E-state index in [-0.39, 0.29) is 11.6 Å². The van der Waals surface area contributed by atoms with Gasteiger partial charge in [-0.1, -0.05) is 30.3 Å². The fraction of sp³-hybridized carbons (Fsp3) is 0.300. The van der Waals surface area contributed by atoms with Crippen LogP contribution in [0.1, 0.15) is 16.2 Å². The van der Waals surface area contributed by atoms with E-state index in [1.165, 1.54) is 0 Å². The lowest BCUT2D eigenvalue weighted by Crippen LogP contribution is -2.50. The fourth-order valence-electron chi connectivity index (χ4n) is 3.48. The van der Waals surface area contributed by atoms with Gasteiger partial charge in [0.2, 0.25) is 11.8 Å². The van der Waals surface area contributed by atoms with Crippen molar-refractivity contribution in [2.45, 2.75) is 6.92 Å². The van der Waals surface area contributed by atoms with E-state index in [9.17, 15) is 14.0 Å². The Morgan fingerprint density at radius 2 is 1.83 bits per heavy atom. The molecule has 0 unspecified atom stereocenters. The van der Waals surface area contributed by atoms with Gasteiger partial charge in [0.1, 0.15) is 11.4 Å². The summed E-state index contributed by atoms with van der Waals surface area (Å²) >= 11 is 0. The smallest absolute Gasteiger partial charge is 0.289 e. The van der Waals surface area contributed by atoms with E-state index in [0.717, 1.165) is 5.69 Å². The third-order valence-electron chi connectivity index (χ3n) is 4.99. The van der Waals surface area contributed by atoms with E-state index in [2.05, 4.69) is 15.1 Å². The first-order chi connectivity index (χ1) is 13.9. The number of nitrogens with one attached hydrogen (secondary N) is 1. The van der Waals surface area contributed by atoms with E-state index in [0.29, 0.717) is 43.4 Å². The predicted molar refractivity (Wildman–Crippen MR) is 106 cm³/mol. The van der Waals surface area contributed by atoms with Gasteiger partial charge in [0.05, 0.1) is 5.69 Å². The Bertz CT molecular complexity index is 1100. The number of nitrogens with zero attached hydrogens (tertiary/aromatic N) is 5. The molecule has 1 aliphatic rings. The molecule has 9 heteroatoms. The predicted octanol–water partition coefficient (Wildman–Crippen LogP) is 1.58. The first-order valence-corrected chi connectivity index (χ1v) is 9.34. The number of H-pyrrole nitrogens is 1. The number of rotatable bonds is 3. The number of aromatic amines is 1. The summed E-state index contributed by atoms with van der Waals surface area (Å²) in [5.41, 5.74) is 1.08. The van der Waals surface area contributed by atoms with Crippen LogP contribution in [-0.2, 0) is 7.05 Å². The molecule has 3 aromatic rings. The van der Waals surface area contributed by atoms with E-state index in [1.54, 1.807) is 47.0 Å². The lowest BCUT2D eigenvalue weighted by Gasteiger charge is -2.35. The Morgan fingerprint density at radius 3 is 2.45 bits per heavy atom. The molecule has 29 heavy (non-hydrogen) atoms. The maximum Gasteiger partial charge on any atom is 0.289 e. The van der Waals surface area contributed by atoms with E-state index < -0.39 is 11.4 Å². The molecule has 150 valence electrons. The van der Waals surface area contributed by atoms with E-state index in [4.69, 9.17) is 0 Å². The molecule has 0 aliphatic carbocycles. The molecular formula is C20H21FN6O2. The number of aromatic nitrogens is 4. The fourth-order valence-corrected chi connectivity index (χ4v) is 3.48. The Balaban J connectivity index is 1.53. The van der Waals surface area contributed by atoms with Gasteiger partial charge in [-0.25, -0.2) is 4.98 Å². The Labute approximate surface area is 166 Å². The van der Waals surface area contributed by atoms with Crippen LogP contribution in [-0.4, -0.2) is 56.7 Å². The van der Waals surface area contributed by atoms with Crippen molar-refractivity contribution in [1.29, 1.82) is 0 Å². The van der Waals surface area contributed by atoms with Crippen molar-refractivity contribution in [3.8, 4) is 11.3 Å². The molecule has 0 saturated carbocycles. The summed E-state index contributed by atoms with van der Waals surface area (Å²) in [5.74, 6) is -0.683. The van der Waals surface area contributed by atoms with Crippen LogP contribution in [0.3, 0.4) is 0 Å². The molecule has 4 rings (SSSR count). The van der Waals surface area contributed by atoms with Crippen LogP contribution >= 0.6 is 0 Å². The van der Waals surface area contributed by atoms with E-state index >= 15 is 0 Å². The van der Waals surface area contributed by atoms with Crippen LogP contribution in [0.5, 0.6) is 0 Å². The number of anilines is 1. The molecular weight excluding hydrogens is 375 g/mol. The van der Waals surface area contributed by atoms with Gasteiger partial charge >= 0.3 is 0 Å². The molecule has 0 radical (unpaired) electrons. The van der Waals surface area contributed by atoms with Crippen molar-refractivity contribution in [1.82, 2.24) is 24.6 Å². The number of benzene rings is 1. The average molecular weight is 396 g/mol. The average Bonchev–Trinajstić information content (AvgIpc) is 3.08. The number of halogens is 1. The third kappa shape index (κ3) is 3.63. The van der Waals surface area contributed by atoms with Gasteiger partial charge in [-0.3, -0.25) is 19.3 Å². The molecule has 0 atom stereocenters. The maximum absolute atomic E-state index is 14.3. The number of carbonyl (C=O) groups excluding carboxylic acids is 1. The molecule has 1 fully saturated rings. The van der Waals surface area contributed by atoms with Crippen molar-refractivity contribution < 1.29 is 9.18 Å². The van der Waals surface area contributed by atoms with Gasteiger partial charge in [0, 0.05) is 38.8 Å². The number of hydrogen-bond acceptors (Lipinski definition) is 5. The molecule has 0 bridgehead atoms. The minimum atomic E-state index is -0.902. The highest BCUT2D eigenvalue weighted by Crippen LogP contribution is 2.21. The first kappa shape index (κ1) is 18.9. The van der Waals surface area contributed by atoms with Gasteiger partial charge in [0.15, 0.2) is 0 Å². The highest BCUT2D eigenvalue weighted by Gasteiger charge is 2.26. The first-order valence-electron chi connectivity index (χ1n) is 9.34. The minimum Gasteiger partial charge on any atom is -0.339 e. The molecule has 1 N–H and O–H groups in total. The standard InChI is InChI=1S/C20H21FN6O2/c1-13-12-15(25(2)24-13)19(29)26-8-10-27(11-9-26)20-22-17(16(21)18(28)23-20)14-6-4-3-5-7-14/h3-7,12H,8-11H2,1-2H3,(H,22,23,28). The zero-order valence-electron chi connectivity index (χ0n) is 16.2. The van der Waals surface area contributed by atoms with Gasteiger partial charge < -0.3 is 9.80 Å². The Kier molecular flexibility index (Phi) is 4.87. The SMILES string of the molecule is Cc1cc(C(=O)N2CCN(c3nc(-c4ccccc4)c(F)c(=O)[nH]3)CC2)n(C)n1. The van der Waals surface area contributed by atoms with Crippen LogP contribution in [0, 0.1) is 12.7 Å². The number of amides is 1. The van der Waals surface area contributed by atoms with Gasteiger partial charge in [-0.2, -0.15) is 9.49 Å². The molecule has 3 heterocycles. The third-order valence-corrected chi connectivity index (χ3v) is 4.99. The van der Waals surface area contributed by atoms with Crippen LogP contribution in [0.15, 0.2) is 41.2 Å². The molecule has 1 aromatic carbocycles. The highest BCUT2D eigenvalue weighted by atomic mass is 19.1. The number of hydrogen-bond donors (Lipinski definition) is 1. The molecule has 2 aromatic heterocycles. The lowest BCUT2D eigenvalue weighted by molar-refractivity contribution is 0.0735. The molecule has 0 spiro atoms. The van der Waals surface area contributed by atoms with Crippen LogP contribution in [0.2, 0.25) is 0 Å². The monoisotopic (exact) mass is 396 g/mol. The molecule has 1 amide bonds. The minimum absolute atomic E-state index is 0.0215. The number of aryl methyl sites for hydroxylation is 2. The summed E-state index contributed by atoms with van der Waals surface area (Å²) in [6, 6.07) is 10.5. The zero-order chi connectivity index (χ0) is 20.5. The normalized spacial score (nSPS) is 14.3. The summed E-state index contributed by atoms with van der Waals surface area (Å²) in [6.07, 6.45) is 0. The molecule has 1 saturated heterocycles. The van der Waals surface area contributed by atoms with Crippen molar-refractivity contribution in [3.05, 3.63) is 64.0 Å². The second kappa shape index (κ2) is 7.50. The van der Waals surface area contributed by atoms with Crippen molar-refractivity contribution in [2.75, 3.05) is 31.1 Å². The molecule has 8 nitrogen and oxygen atoms in total. The van der Waals surface area contributed by atoms with Gasteiger partial charge in [-0.05, 0) is 13.0 Å². The number of piperazine rings is 1. The van der Waals surface area contributed by atoms with Crippen LogP contribution in [0.25, 0.3) is 11.3 Å². The van der Waals surface area contributed by atoms with E-state index in [1.807, 2.05) is 17.9 Å². The van der Waals surface area contributed by atoms with Crippen molar-refractivity contribution >= 4 is 11.9 Å². The van der Waals surface area contributed by atoms with Crippen LogP contribution in [0.4, 0.5) is 10.3 Å².